The predicted octanol–water partition coefficient (Wildman–Crippen LogP) is 15.0. The fourth-order valence-corrected chi connectivity index (χ4v) is 8.42. The zero-order valence-corrected chi connectivity index (χ0v) is 32.7. The fraction of sp³-hybridized carbons (Fsp3) is 0. The molecular weight excluding hydrogens is 727 g/mol. The van der Waals surface area contributed by atoms with E-state index in [9.17, 15) is 0 Å². The van der Waals surface area contributed by atoms with E-state index in [1.54, 1.807) is 0 Å². The molecule has 280 valence electrons. The molecule has 0 atom stereocenters. The highest BCUT2D eigenvalue weighted by Crippen LogP contribution is 2.40. The Kier molecular flexibility index (Phi) is 8.83. The zero-order chi connectivity index (χ0) is 39.8. The Morgan fingerprint density at radius 1 is 0.200 bits per heavy atom. The molecule has 60 heavy (non-hydrogen) atoms. The van der Waals surface area contributed by atoms with Gasteiger partial charge in [0, 0.05) is 16.7 Å². The molecule has 0 saturated carbocycles. The highest BCUT2D eigenvalue weighted by atomic mass is 15.0. The van der Waals surface area contributed by atoms with Crippen molar-refractivity contribution in [3.8, 4) is 78.7 Å². The summed E-state index contributed by atoms with van der Waals surface area (Å²) in [4.78, 5) is 15.3. The van der Waals surface area contributed by atoms with Crippen molar-refractivity contribution in [2.75, 3.05) is 0 Å². The smallest absolute Gasteiger partial charge is 0.164 e. The van der Waals surface area contributed by atoms with Crippen LogP contribution in [0.25, 0.3) is 111 Å². The molecule has 1 aromatic heterocycles. The van der Waals surface area contributed by atoms with E-state index in [-0.39, 0.29) is 0 Å². The number of benzene rings is 10. The van der Waals surface area contributed by atoms with Gasteiger partial charge in [-0.2, -0.15) is 0 Å². The second-order valence-electron chi connectivity index (χ2n) is 15.2. The Hall–Kier alpha value is -8.01. The van der Waals surface area contributed by atoms with Gasteiger partial charge >= 0.3 is 0 Å². The molecule has 10 aromatic carbocycles. The molecule has 0 fully saturated rings. The van der Waals surface area contributed by atoms with E-state index >= 15 is 0 Å². The van der Waals surface area contributed by atoms with E-state index in [1.807, 2.05) is 12.1 Å². The first-order valence-corrected chi connectivity index (χ1v) is 20.3. The summed E-state index contributed by atoms with van der Waals surface area (Å²) in [6.45, 7) is 0. The van der Waals surface area contributed by atoms with Crippen LogP contribution in [0.1, 0.15) is 0 Å². The average Bonchev–Trinajstić information content (AvgIpc) is 3.34. The molecule has 0 aliphatic rings. The first-order chi connectivity index (χ1) is 29.7. The number of hydrogen-bond donors (Lipinski definition) is 0. The Morgan fingerprint density at radius 3 is 1.02 bits per heavy atom. The highest BCUT2D eigenvalue weighted by Gasteiger charge is 2.16. The third kappa shape index (κ3) is 6.58. The molecule has 11 aromatic rings. The standard InChI is InChI=1S/C57H37N3/c1-3-11-38(12-4-1)40-19-21-42(22-20-40)43-25-31-47(32-26-43)56-58-55(46-29-23-41(24-30-46)39-13-5-2-6-14-39)59-57(60-56)48-33-27-45(28-34-48)54-51-18-10-8-16-49(51)37-53-50-17-9-7-15-44(50)35-36-52(53)54/h1-37H. The van der Waals surface area contributed by atoms with Gasteiger partial charge in [-0.15, -0.1) is 0 Å². The molecule has 11 rings (SSSR count). The van der Waals surface area contributed by atoms with Crippen LogP contribution in [0, 0.1) is 0 Å². The van der Waals surface area contributed by atoms with Gasteiger partial charge < -0.3 is 0 Å². The van der Waals surface area contributed by atoms with Crippen LogP contribution in [0.5, 0.6) is 0 Å². The van der Waals surface area contributed by atoms with Gasteiger partial charge in [-0.25, -0.2) is 15.0 Å². The number of nitrogens with zero attached hydrogens (tertiary/aromatic N) is 3. The van der Waals surface area contributed by atoms with Crippen LogP contribution >= 0.6 is 0 Å². The second-order valence-corrected chi connectivity index (χ2v) is 15.2. The van der Waals surface area contributed by atoms with Crippen molar-refractivity contribution in [1.29, 1.82) is 0 Å². The molecule has 0 radical (unpaired) electrons. The van der Waals surface area contributed by atoms with Crippen molar-refractivity contribution >= 4 is 32.3 Å². The third-order valence-corrected chi connectivity index (χ3v) is 11.6. The van der Waals surface area contributed by atoms with Crippen LogP contribution in [-0.4, -0.2) is 15.0 Å². The largest absolute Gasteiger partial charge is 0.208 e. The molecule has 3 nitrogen and oxygen atoms in total. The van der Waals surface area contributed by atoms with E-state index < -0.39 is 0 Å². The highest BCUT2D eigenvalue weighted by molar-refractivity contribution is 6.20. The van der Waals surface area contributed by atoms with Crippen LogP contribution in [-0.2, 0) is 0 Å². The van der Waals surface area contributed by atoms with E-state index in [0.29, 0.717) is 17.5 Å². The Morgan fingerprint density at radius 2 is 0.550 bits per heavy atom. The summed E-state index contributed by atoms with van der Waals surface area (Å²) < 4.78 is 0. The molecule has 0 bridgehead atoms. The van der Waals surface area contributed by atoms with Crippen molar-refractivity contribution < 1.29 is 0 Å². The van der Waals surface area contributed by atoms with Crippen LogP contribution in [0.4, 0.5) is 0 Å². The lowest BCUT2D eigenvalue weighted by Crippen LogP contribution is -2.00. The molecule has 0 unspecified atom stereocenters. The lowest BCUT2D eigenvalue weighted by molar-refractivity contribution is 1.07. The van der Waals surface area contributed by atoms with Crippen LogP contribution in [0.15, 0.2) is 224 Å². The SMILES string of the molecule is c1ccc(-c2ccc(-c3ccc(-c4nc(-c5ccc(-c6ccccc6)cc5)nc(-c5ccc(-c6c7ccccc7cc7c6ccc6ccccc67)cc5)n4)cc3)cc2)cc1. The average molecular weight is 764 g/mol. The van der Waals surface area contributed by atoms with Gasteiger partial charge in [0.2, 0.25) is 0 Å². The normalized spacial score (nSPS) is 11.3. The molecule has 0 aliphatic carbocycles. The summed E-state index contributed by atoms with van der Waals surface area (Å²) in [5.74, 6) is 1.89. The van der Waals surface area contributed by atoms with Gasteiger partial charge in [-0.05, 0) is 82.9 Å². The maximum Gasteiger partial charge on any atom is 0.164 e. The number of rotatable bonds is 7. The van der Waals surface area contributed by atoms with Crippen molar-refractivity contribution in [3.05, 3.63) is 224 Å². The van der Waals surface area contributed by atoms with Gasteiger partial charge in [-0.1, -0.05) is 218 Å². The minimum Gasteiger partial charge on any atom is -0.208 e. The first kappa shape index (κ1) is 35.2. The molecule has 0 amide bonds. The maximum atomic E-state index is 5.13. The van der Waals surface area contributed by atoms with Crippen LogP contribution in [0.3, 0.4) is 0 Å². The maximum absolute atomic E-state index is 5.13. The molecule has 0 N–H and O–H groups in total. The quantitative estimate of drug-likeness (QED) is 0.120. The van der Waals surface area contributed by atoms with E-state index in [1.165, 1.54) is 54.6 Å². The lowest BCUT2D eigenvalue weighted by Gasteiger charge is -2.14. The number of aromatic nitrogens is 3. The molecule has 0 spiro atoms. The third-order valence-electron chi connectivity index (χ3n) is 11.6. The van der Waals surface area contributed by atoms with Crippen LogP contribution in [0.2, 0.25) is 0 Å². The van der Waals surface area contributed by atoms with Crippen molar-refractivity contribution in [2.45, 2.75) is 0 Å². The van der Waals surface area contributed by atoms with Crippen molar-refractivity contribution in [1.82, 2.24) is 15.0 Å². The summed E-state index contributed by atoms with van der Waals surface area (Å²) in [5, 5.41) is 7.44. The number of hydrogen-bond acceptors (Lipinski definition) is 3. The molecule has 3 heteroatoms. The van der Waals surface area contributed by atoms with E-state index in [0.717, 1.165) is 38.9 Å². The van der Waals surface area contributed by atoms with Crippen LogP contribution < -0.4 is 0 Å². The summed E-state index contributed by atoms with van der Waals surface area (Å²) in [5.41, 5.74) is 12.2. The summed E-state index contributed by atoms with van der Waals surface area (Å²) >= 11 is 0. The minimum atomic E-state index is 0.628. The molecule has 1 heterocycles. The zero-order valence-electron chi connectivity index (χ0n) is 32.7. The molecule has 0 saturated heterocycles. The fourth-order valence-electron chi connectivity index (χ4n) is 8.42. The van der Waals surface area contributed by atoms with Crippen molar-refractivity contribution in [3.63, 3.8) is 0 Å². The number of fused-ring (bicyclic) bond motifs is 4. The second kappa shape index (κ2) is 15.1. The topological polar surface area (TPSA) is 38.7 Å². The molecular formula is C57H37N3. The van der Waals surface area contributed by atoms with Gasteiger partial charge in [-0.3, -0.25) is 0 Å². The van der Waals surface area contributed by atoms with Gasteiger partial charge in [0.25, 0.3) is 0 Å². The Balaban J connectivity index is 0.988. The lowest BCUT2D eigenvalue weighted by atomic mass is 9.89. The van der Waals surface area contributed by atoms with Gasteiger partial charge in [0.1, 0.15) is 0 Å². The Bertz CT molecular complexity index is 3300. The van der Waals surface area contributed by atoms with E-state index in [2.05, 4.69) is 212 Å². The minimum absolute atomic E-state index is 0.628. The summed E-state index contributed by atoms with van der Waals surface area (Å²) in [6.07, 6.45) is 0. The molecule has 0 aliphatic heterocycles. The Labute approximate surface area is 349 Å². The predicted molar refractivity (Wildman–Crippen MR) is 250 cm³/mol. The van der Waals surface area contributed by atoms with E-state index in [4.69, 9.17) is 15.0 Å². The van der Waals surface area contributed by atoms with Gasteiger partial charge in [0.05, 0.1) is 0 Å². The van der Waals surface area contributed by atoms with Gasteiger partial charge in [0.15, 0.2) is 17.5 Å². The summed E-state index contributed by atoms with van der Waals surface area (Å²) in [7, 11) is 0. The monoisotopic (exact) mass is 763 g/mol. The van der Waals surface area contributed by atoms with Crippen molar-refractivity contribution in [2.24, 2.45) is 0 Å². The first-order valence-electron chi connectivity index (χ1n) is 20.3. The summed E-state index contributed by atoms with van der Waals surface area (Å²) in [6, 6.07) is 79.5.